The van der Waals surface area contributed by atoms with Crippen LogP contribution in [0.4, 0.5) is 17.1 Å². The number of aromatic hydroxyl groups is 1. The number of azo groups is 1. The average Bonchev–Trinajstić information content (AvgIpc) is 2.92. The Morgan fingerprint density at radius 1 is 0.837 bits per heavy atom. The third-order valence-electron chi connectivity index (χ3n) is 7.15. The summed E-state index contributed by atoms with van der Waals surface area (Å²) in [6, 6.07) is 10.5. The second kappa shape index (κ2) is 15.4. The molecular weight excluding hydrogens is 590 g/mol. The van der Waals surface area contributed by atoms with Gasteiger partial charge in [0.15, 0.2) is 15.6 Å². The number of carbonyl (C=O) groups excluding carboxylic acids is 1. The number of fused-ring (bicyclic) bond motifs is 1. The van der Waals surface area contributed by atoms with Crippen LogP contribution in [-0.4, -0.2) is 38.7 Å². The number of phenolic OH excluding ortho intramolecular Hbond substituents is 1. The van der Waals surface area contributed by atoms with E-state index in [0.29, 0.717) is 5.69 Å². The van der Waals surface area contributed by atoms with Gasteiger partial charge in [0.25, 0.3) is 10.1 Å². The van der Waals surface area contributed by atoms with Crippen molar-refractivity contribution in [1.29, 1.82) is 0 Å². The van der Waals surface area contributed by atoms with E-state index in [0.717, 1.165) is 42.9 Å². The predicted octanol–water partition coefficient (Wildman–Crippen LogP) is 8.03. The van der Waals surface area contributed by atoms with E-state index < -0.39 is 41.4 Å². The van der Waals surface area contributed by atoms with Crippen LogP contribution in [0.5, 0.6) is 5.75 Å². The molecule has 0 radical (unpaired) electrons. The minimum absolute atomic E-state index is 0.0490. The molecule has 3 aromatic carbocycles. The summed E-state index contributed by atoms with van der Waals surface area (Å²) in [5, 5.41) is 21.6. The standard InChI is InChI=1S/C31H41N3O7S2/c1-4-5-6-7-8-9-10-11-12-13-14-23-15-17-25(18-16-23)33-34-30-28(42(3,37)38)20-24-19-26(43(39,40)41)21-27(32-22(2)35)29(24)31(30)36/h15-21,36H,4-14H2,1-3H3,(H,32,35)(H,39,40,41)/b34-33+. The SMILES string of the molecule is CCCCCCCCCCCCc1ccc(/N=N/c2c(S(C)(=O)=O)cc3cc(S(=O)(=O)O)cc(NC(C)=O)c3c2O)cc1. The van der Waals surface area contributed by atoms with Gasteiger partial charge in [-0.05, 0) is 54.1 Å². The topological polar surface area (TPSA) is 163 Å². The Hall–Kier alpha value is -3.35. The van der Waals surface area contributed by atoms with Crippen molar-refractivity contribution in [3.8, 4) is 5.75 Å². The molecule has 0 spiro atoms. The van der Waals surface area contributed by atoms with Gasteiger partial charge in [0.1, 0.15) is 5.69 Å². The van der Waals surface area contributed by atoms with Crippen LogP contribution < -0.4 is 5.32 Å². The zero-order chi connectivity index (χ0) is 31.6. The summed E-state index contributed by atoms with van der Waals surface area (Å²) in [5.74, 6) is -1.20. The number of sulfone groups is 1. The van der Waals surface area contributed by atoms with Crippen LogP contribution in [0.2, 0.25) is 0 Å². The monoisotopic (exact) mass is 631 g/mol. The number of nitrogens with zero attached hydrogens (tertiary/aromatic N) is 2. The van der Waals surface area contributed by atoms with E-state index in [9.17, 15) is 31.3 Å². The molecular formula is C31H41N3O7S2. The van der Waals surface area contributed by atoms with Crippen LogP contribution in [0.3, 0.4) is 0 Å². The molecule has 0 aliphatic heterocycles. The lowest BCUT2D eigenvalue weighted by Gasteiger charge is -2.14. The van der Waals surface area contributed by atoms with Crippen LogP contribution in [0.25, 0.3) is 10.8 Å². The predicted molar refractivity (Wildman–Crippen MR) is 169 cm³/mol. The number of hydrogen-bond donors (Lipinski definition) is 3. The molecule has 43 heavy (non-hydrogen) atoms. The molecule has 0 saturated carbocycles. The molecule has 3 aromatic rings. The lowest BCUT2D eigenvalue weighted by Crippen LogP contribution is -2.08. The van der Waals surface area contributed by atoms with Gasteiger partial charge in [-0.15, -0.1) is 5.11 Å². The highest BCUT2D eigenvalue weighted by molar-refractivity contribution is 7.90. The molecule has 0 bridgehead atoms. The highest BCUT2D eigenvalue weighted by atomic mass is 32.2. The van der Waals surface area contributed by atoms with Crippen LogP contribution in [0.15, 0.2) is 62.5 Å². The number of hydrogen-bond acceptors (Lipinski definition) is 8. The number of carbonyl (C=O) groups is 1. The van der Waals surface area contributed by atoms with Gasteiger partial charge in [0.2, 0.25) is 5.91 Å². The van der Waals surface area contributed by atoms with Crippen LogP contribution in [0.1, 0.15) is 83.6 Å². The third-order valence-corrected chi connectivity index (χ3v) is 9.09. The summed E-state index contributed by atoms with van der Waals surface area (Å²) < 4.78 is 58.4. The van der Waals surface area contributed by atoms with Crippen molar-refractivity contribution in [2.24, 2.45) is 10.2 Å². The summed E-state index contributed by atoms with van der Waals surface area (Å²) in [6.45, 7) is 3.41. The first-order valence-corrected chi connectivity index (χ1v) is 17.9. The van der Waals surface area contributed by atoms with Crippen molar-refractivity contribution in [2.45, 2.75) is 94.3 Å². The van der Waals surface area contributed by atoms with Crippen molar-refractivity contribution in [3.63, 3.8) is 0 Å². The number of nitrogens with one attached hydrogen (secondary N) is 1. The Kier molecular flexibility index (Phi) is 12.2. The molecule has 234 valence electrons. The van der Waals surface area contributed by atoms with Gasteiger partial charge in [-0.25, -0.2) is 8.42 Å². The van der Waals surface area contributed by atoms with Crippen LogP contribution in [0, 0.1) is 0 Å². The number of phenols is 1. The second-order valence-corrected chi connectivity index (χ2v) is 14.3. The molecule has 0 aliphatic carbocycles. The molecule has 1 amide bonds. The molecule has 0 heterocycles. The van der Waals surface area contributed by atoms with E-state index in [4.69, 9.17) is 0 Å². The van der Waals surface area contributed by atoms with Crippen molar-refractivity contribution < 1.29 is 31.3 Å². The Labute approximate surface area is 254 Å². The number of unbranched alkanes of at least 4 members (excludes halogenated alkanes) is 9. The van der Waals surface area contributed by atoms with E-state index in [1.165, 1.54) is 64.7 Å². The lowest BCUT2D eigenvalue weighted by atomic mass is 10.0. The minimum atomic E-state index is -4.71. The summed E-state index contributed by atoms with van der Waals surface area (Å²) in [4.78, 5) is 10.8. The smallest absolute Gasteiger partial charge is 0.294 e. The minimum Gasteiger partial charge on any atom is -0.505 e. The van der Waals surface area contributed by atoms with E-state index in [-0.39, 0.29) is 22.1 Å². The van der Waals surface area contributed by atoms with Crippen molar-refractivity contribution in [3.05, 3.63) is 48.0 Å². The fraction of sp³-hybridized carbons (Fsp3) is 0.452. The summed E-state index contributed by atoms with van der Waals surface area (Å²) >= 11 is 0. The number of aryl methyl sites for hydroxylation is 1. The number of amides is 1. The quantitative estimate of drug-likeness (QED) is 0.0818. The molecule has 12 heteroatoms. The zero-order valence-electron chi connectivity index (χ0n) is 25.0. The highest BCUT2D eigenvalue weighted by Gasteiger charge is 2.24. The normalized spacial score (nSPS) is 12.3. The van der Waals surface area contributed by atoms with Gasteiger partial charge < -0.3 is 10.4 Å². The largest absolute Gasteiger partial charge is 0.505 e. The van der Waals surface area contributed by atoms with E-state index in [2.05, 4.69) is 22.5 Å². The zero-order valence-corrected chi connectivity index (χ0v) is 26.6. The third kappa shape index (κ3) is 10.1. The number of rotatable bonds is 16. The molecule has 0 saturated heterocycles. The Balaban J connectivity index is 1.79. The molecule has 0 fully saturated rings. The van der Waals surface area contributed by atoms with Gasteiger partial charge >= 0.3 is 0 Å². The average molecular weight is 632 g/mol. The van der Waals surface area contributed by atoms with Gasteiger partial charge in [-0.1, -0.05) is 76.8 Å². The first-order valence-electron chi connectivity index (χ1n) is 14.6. The first kappa shape index (κ1) is 34.1. The highest BCUT2D eigenvalue weighted by Crippen LogP contribution is 2.45. The van der Waals surface area contributed by atoms with E-state index >= 15 is 0 Å². The van der Waals surface area contributed by atoms with Gasteiger partial charge in [0.05, 0.1) is 21.2 Å². The van der Waals surface area contributed by atoms with Crippen molar-refractivity contribution >= 4 is 53.7 Å². The second-order valence-electron chi connectivity index (χ2n) is 10.9. The van der Waals surface area contributed by atoms with Crippen molar-refractivity contribution in [2.75, 3.05) is 11.6 Å². The van der Waals surface area contributed by atoms with E-state index in [1.807, 2.05) is 12.1 Å². The Morgan fingerprint density at radius 3 is 1.95 bits per heavy atom. The summed E-state index contributed by atoms with van der Waals surface area (Å²) in [6.07, 6.45) is 14.5. The van der Waals surface area contributed by atoms with Crippen LogP contribution >= 0.6 is 0 Å². The maximum absolute atomic E-state index is 12.6. The van der Waals surface area contributed by atoms with E-state index in [1.54, 1.807) is 12.1 Å². The molecule has 3 rings (SSSR count). The summed E-state index contributed by atoms with van der Waals surface area (Å²) in [5.41, 5.74) is 1.08. The van der Waals surface area contributed by atoms with Crippen molar-refractivity contribution in [1.82, 2.24) is 0 Å². The number of anilines is 1. The molecule has 3 N–H and O–H groups in total. The number of benzene rings is 3. The molecule has 0 aromatic heterocycles. The molecule has 0 aliphatic rings. The van der Waals surface area contributed by atoms with Crippen LogP contribution in [-0.2, 0) is 31.2 Å². The van der Waals surface area contributed by atoms with Gasteiger partial charge in [0, 0.05) is 18.6 Å². The summed E-state index contributed by atoms with van der Waals surface area (Å²) in [7, 11) is -8.69. The lowest BCUT2D eigenvalue weighted by molar-refractivity contribution is -0.114. The maximum Gasteiger partial charge on any atom is 0.294 e. The molecule has 0 atom stereocenters. The first-order chi connectivity index (χ1) is 20.3. The fourth-order valence-electron chi connectivity index (χ4n) is 4.93. The fourth-order valence-corrected chi connectivity index (χ4v) is 6.30. The van der Waals surface area contributed by atoms with Gasteiger partial charge in [-0.3, -0.25) is 9.35 Å². The molecule has 10 nitrogen and oxygen atoms in total. The maximum atomic E-state index is 12.6. The Morgan fingerprint density at radius 2 is 1.42 bits per heavy atom. The molecule has 0 unspecified atom stereocenters. The Bertz CT molecular complexity index is 1670. The van der Waals surface area contributed by atoms with Gasteiger partial charge in [-0.2, -0.15) is 13.5 Å².